The number of nitrogens with two attached hydrogens (primary N) is 1. The van der Waals surface area contributed by atoms with Crippen molar-refractivity contribution in [2.75, 3.05) is 18.9 Å². The summed E-state index contributed by atoms with van der Waals surface area (Å²) in [6.45, 7) is 0.205. The molecular formula is C9H12N2O4. The first-order valence-corrected chi connectivity index (χ1v) is 4.43. The molecule has 0 saturated heterocycles. The highest BCUT2D eigenvalue weighted by atomic mass is 16.6. The van der Waals surface area contributed by atoms with E-state index >= 15 is 0 Å². The average Bonchev–Trinajstić information content (AvgIpc) is 2.17. The minimum atomic E-state index is -0.580. The molecule has 0 saturated carbocycles. The lowest BCUT2D eigenvalue weighted by atomic mass is 10.2. The van der Waals surface area contributed by atoms with Gasteiger partial charge in [0, 0.05) is 13.0 Å². The molecule has 1 aromatic rings. The normalized spacial score (nSPS) is 9.93. The predicted octanol–water partition coefficient (Wildman–Crippen LogP) is 0.938. The van der Waals surface area contributed by atoms with Crippen LogP contribution in [0.25, 0.3) is 0 Å². The average molecular weight is 212 g/mol. The SMILES string of the molecule is Nc1cccc(OCCCO)c1[N+](=O)[O-]. The molecule has 1 aromatic carbocycles. The van der Waals surface area contributed by atoms with Crippen LogP contribution in [0.4, 0.5) is 11.4 Å². The van der Waals surface area contributed by atoms with Gasteiger partial charge < -0.3 is 15.6 Å². The van der Waals surface area contributed by atoms with Gasteiger partial charge in [-0.15, -0.1) is 0 Å². The molecule has 0 aliphatic heterocycles. The van der Waals surface area contributed by atoms with Gasteiger partial charge in [0.1, 0.15) is 5.69 Å². The summed E-state index contributed by atoms with van der Waals surface area (Å²) >= 11 is 0. The topological polar surface area (TPSA) is 98.6 Å². The summed E-state index contributed by atoms with van der Waals surface area (Å²) < 4.78 is 5.14. The van der Waals surface area contributed by atoms with E-state index in [9.17, 15) is 10.1 Å². The summed E-state index contributed by atoms with van der Waals surface area (Å²) in [4.78, 5) is 10.1. The zero-order valence-corrected chi connectivity index (χ0v) is 8.05. The number of aliphatic hydroxyl groups is 1. The van der Waals surface area contributed by atoms with Crippen molar-refractivity contribution in [3.05, 3.63) is 28.3 Å². The summed E-state index contributed by atoms with van der Waals surface area (Å²) in [5.41, 5.74) is 5.30. The molecule has 0 bridgehead atoms. The van der Waals surface area contributed by atoms with Gasteiger partial charge in [-0.2, -0.15) is 0 Å². The maximum absolute atomic E-state index is 10.7. The van der Waals surface area contributed by atoms with Crippen molar-refractivity contribution in [3.63, 3.8) is 0 Å². The molecule has 0 fully saturated rings. The van der Waals surface area contributed by atoms with E-state index in [0.717, 1.165) is 0 Å². The first-order valence-electron chi connectivity index (χ1n) is 4.43. The summed E-state index contributed by atoms with van der Waals surface area (Å²) in [5, 5.41) is 19.2. The van der Waals surface area contributed by atoms with Crippen molar-refractivity contribution >= 4 is 11.4 Å². The Balaban J connectivity index is 2.86. The van der Waals surface area contributed by atoms with Gasteiger partial charge in [0.15, 0.2) is 5.75 Å². The Labute approximate surface area is 86.4 Å². The number of ether oxygens (including phenoxy) is 1. The molecule has 3 N–H and O–H groups in total. The summed E-state index contributed by atoms with van der Waals surface area (Å²) in [6.07, 6.45) is 0.423. The van der Waals surface area contributed by atoms with Gasteiger partial charge in [-0.3, -0.25) is 10.1 Å². The maximum atomic E-state index is 10.7. The highest BCUT2D eigenvalue weighted by molar-refractivity contribution is 5.65. The third-order valence-electron chi connectivity index (χ3n) is 1.77. The van der Waals surface area contributed by atoms with E-state index < -0.39 is 4.92 Å². The van der Waals surface area contributed by atoms with E-state index in [-0.39, 0.29) is 30.3 Å². The smallest absolute Gasteiger partial charge is 0.333 e. The Kier molecular flexibility index (Phi) is 3.87. The Morgan fingerprint density at radius 3 is 2.87 bits per heavy atom. The Morgan fingerprint density at radius 2 is 2.27 bits per heavy atom. The van der Waals surface area contributed by atoms with E-state index in [1.165, 1.54) is 12.1 Å². The zero-order valence-electron chi connectivity index (χ0n) is 8.05. The minimum absolute atomic E-state index is 0.0177. The largest absolute Gasteiger partial charge is 0.487 e. The molecule has 0 aromatic heterocycles. The second-order valence-electron chi connectivity index (χ2n) is 2.88. The standard InChI is InChI=1S/C9H12N2O4/c10-7-3-1-4-8(9(7)11(13)14)15-6-2-5-12/h1,3-4,12H,2,5-6,10H2. The Hall–Kier alpha value is -1.82. The first kappa shape index (κ1) is 11.3. The second-order valence-corrected chi connectivity index (χ2v) is 2.88. The van der Waals surface area contributed by atoms with Crippen molar-refractivity contribution in [2.24, 2.45) is 0 Å². The molecule has 0 amide bonds. The fourth-order valence-electron chi connectivity index (χ4n) is 1.10. The number of nitro benzene ring substituents is 1. The fraction of sp³-hybridized carbons (Fsp3) is 0.333. The van der Waals surface area contributed by atoms with Gasteiger partial charge in [0.05, 0.1) is 11.5 Å². The highest BCUT2D eigenvalue weighted by Crippen LogP contribution is 2.32. The molecule has 0 radical (unpaired) electrons. The predicted molar refractivity (Wildman–Crippen MR) is 54.7 cm³/mol. The van der Waals surface area contributed by atoms with E-state index in [0.29, 0.717) is 6.42 Å². The van der Waals surface area contributed by atoms with E-state index in [1.54, 1.807) is 6.07 Å². The Morgan fingerprint density at radius 1 is 1.53 bits per heavy atom. The van der Waals surface area contributed by atoms with Crippen LogP contribution in [0.15, 0.2) is 18.2 Å². The lowest BCUT2D eigenvalue weighted by Crippen LogP contribution is -2.04. The van der Waals surface area contributed by atoms with Crippen LogP contribution in [0, 0.1) is 10.1 Å². The van der Waals surface area contributed by atoms with E-state index in [4.69, 9.17) is 15.6 Å². The van der Waals surface area contributed by atoms with Crippen LogP contribution >= 0.6 is 0 Å². The van der Waals surface area contributed by atoms with Crippen molar-refractivity contribution in [3.8, 4) is 5.75 Å². The monoisotopic (exact) mass is 212 g/mol. The van der Waals surface area contributed by atoms with Crippen molar-refractivity contribution in [1.82, 2.24) is 0 Å². The van der Waals surface area contributed by atoms with Gasteiger partial charge in [0.2, 0.25) is 0 Å². The van der Waals surface area contributed by atoms with Crippen LogP contribution < -0.4 is 10.5 Å². The van der Waals surface area contributed by atoms with E-state index in [1.807, 2.05) is 0 Å². The van der Waals surface area contributed by atoms with Crippen LogP contribution in [0.5, 0.6) is 5.75 Å². The number of nitro groups is 1. The van der Waals surface area contributed by atoms with Crippen LogP contribution in [-0.2, 0) is 0 Å². The molecule has 82 valence electrons. The molecule has 0 unspecified atom stereocenters. The summed E-state index contributed by atoms with van der Waals surface area (Å²) in [6, 6.07) is 4.50. The third kappa shape index (κ3) is 2.81. The first-order chi connectivity index (χ1) is 7.16. The van der Waals surface area contributed by atoms with Gasteiger partial charge in [-0.25, -0.2) is 0 Å². The molecule has 0 aliphatic rings. The van der Waals surface area contributed by atoms with Crippen LogP contribution in [0.2, 0.25) is 0 Å². The second kappa shape index (κ2) is 5.16. The fourth-order valence-corrected chi connectivity index (χ4v) is 1.10. The number of hydrogen-bond donors (Lipinski definition) is 2. The van der Waals surface area contributed by atoms with E-state index in [2.05, 4.69) is 0 Å². The third-order valence-corrected chi connectivity index (χ3v) is 1.77. The van der Waals surface area contributed by atoms with Gasteiger partial charge in [-0.05, 0) is 12.1 Å². The zero-order chi connectivity index (χ0) is 11.3. The molecular weight excluding hydrogens is 200 g/mol. The molecule has 1 rings (SSSR count). The number of nitrogen functional groups attached to an aromatic ring is 1. The van der Waals surface area contributed by atoms with Crippen molar-refractivity contribution < 1.29 is 14.8 Å². The number of nitrogens with zero attached hydrogens (tertiary/aromatic N) is 1. The van der Waals surface area contributed by atoms with Crippen LogP contribution in [0.1, 0.15) is 6.42 Å². The number of rotatable bonds is 5. The van der Waals surface area contributed by atoms with Crippen molar-refractivity contribution in [1.29, 1.82) is 0 Å². The lowest BCUT2D eigenvalue weighted by Gasteiger charge is -2.06. The number of anilines is 1. The molecule has 6 nitrogen and oxygen atoms in total. The van der Waals surface area contributed by atoms with Crippen LogP contribution in [-0.4, -0.2) is 23.2 Å². The molecule has 6 heteroatoms. The molecule has 15 heavy (non-hydrogen) atoms. The number of aliphatic hydroxyl groups excluding tert-OH is 1. The molecule has 0 spiro atoms. The Bertz CT molecular complexity index is 354. The maximum Gasteiger partial charge on any atom is 0.333 e. The van der Waals surface area contributed by atoms with Crippen molar-refractivity contribution in [2.45, 2.75) is 6.42 Å². The highest BCUT2D eigenvalue weighted by Gasteiger charge is 2.18. The van der Waals surface area contributed by atoms with Gasteiger partial charge in [0.25, 0.3) is 0 Å². The summed E-state index contributed by atoms with van der Waals surface area (Å²) in [7, 11) is 0. The van der Waals surface area contributed by atoms with Gasteiger partial charge in [-0.1, -0.05) is 6.07 Å². The number of hydrogen-bond acceptors (Lipinski definition) is 5. The number of benzene rings is 1. The quantitative estimate of drug-likeness (QED) is 0.327. The van der Waals surface area contributed by atoms with Crippen LogP contribution in [0.3, 0.4) is 0 Å². The minimum Gasteiger partial charge on any atom is -0.487 e. The molecule has 0 aliphatic carbocycles. The van der Waals surface area contributed by atoms with Gasteiger partial charge >= 0.3 is 5.69 Å². The number of para-hydroxylation sites is 1. The summed E-state index contributed by atoms with van der Waals surface area (Å²) in [5.74, 6) is 0.133. The molecule has 0 heterocycles. The lowest BCUT2D eigenvalue weighted by molar-refractivity contribution is -0.384. The molecule has 0 atom stereocenters.